The number of carbonyl (C=O) groups is 1. The number of carbonyl (C=O) groups excluding carboxylic acids is 1. The normalized spacial score (nSPS) is 11.2. The maximum absolute atomic E-state index is 12.5. The number of pyridine rings is 1. The molecule has 1 aromatic carbocycles. The molecule has 0 aliphatic heterocycles. The molecule has 0 atom stereocenters. The molecule has 1 N–H and O–H groups in total. The molecule has 2 aromatic rings. The molecule has 0 saturated carbocycles. The Balaban J connectivity index is 2.25. The van der Waals surface area contributed by atoms with E-state index in [1.165, 1.54) is 43.5 Å². The predicted molar refractivity (Wildman–Crippen MR) is 82.2 cm³/mol. The number of ether oxygens (including phenoxy) is 1. The van der Waals surface area contributed by atoms with E-state index >= 15 is 0 Å². The lowest BCUT2D eigenvalue weighted by Crippen LogP contribution is -2.02. The van der Waals surface area contributed by atoms with Gasteiger partial charge in [0.05, 0.1) is 7.11 Å². The second kappa shape index (κ2) is 7.19. The van der Waals surface area contributed by atoms with E-state index in [2.05, 4.69) is 4.98 Å². The monoisotopic (exact) mass is 339 g/mol. The zero-order valence-electron chi connectivity index (χ0n) is 12.0. The lowest BCUT2D eigenvalue weighted by molar-refractivity contribution is 0.104. The second-order valence-corrected chi connectivity index (χ2v) is 4.90. The van der Waals surface area contributed by atoms with Crippen molar-refractivity contribution in [1.29, 1.82) is 0 Å². The fourth-order valence-corrected chi connectivity index (χ4v) is 2.05. The molecule has 0 fully saturated rings. The minimum absolute atomic E-state index is 0.0116. The van der Waals surface area contributed by atoms with Crippen LogP contribution in [0.25, 0.3) is 6.08 Å². The Hall–Kier alpha value is -2.47. The average molecular weight is 340 g/mol. The van der Waals surface area contributed by atoms with Crippen molar-refractivity contribution in [3.8, 4) is 11.6 Å². The van der Waals surface area contributed by atoms with E-state index in [0.29, 0.717) is 5.56 Å². The predicted octanol–water partition coefficient (Wildman–Crippen LogP) is 4.28. The van der Waals surface area contributed by atoms with Crippen molar-refractivity contribution in [3.05, 3.63) is 58.3 Å². The Bertz CT molecular complexity index is 746. The summed E-state index contributed by atoms with van der Waals surface area (Å²) < 4.78 is 29.9. The Morgan fingerprint density at radius 2 is 2.00 bits per heavy atom. The molecular weight excluding hydrogens is 328 g/mol. The average Bonchev–Trinajstić information content (AvgIpc) is 2.52. The van der Waals surface area contributed by atoms with Crippen LogP contribution in [0.3, 0.4) is 0 Å². The molecule has 120 valence electrons. The maximum atomic E-state index is 12.5. The summed E-state index contributed by atoms with van der Waals surface area (Å²) in [6.45, 7) is 0. The van der Waals surface area contributed by atoms with E-state index in [1.54, 1.807) is 0 Å². The van der Waals surface area contributed by atoms with E-state index < -0.39 is 12.2 Å². The van der Waals surface area contributed by atoms with Gasteiger partial charge in [0.1, 0.15) is 16.5 Å². The number of aromatic nitrogens is 1. The molecule has 23 heavy (non-hydrogen) atoms. The summed E-state index contributed by atoms with van der Waals surface area (Å²) >= 11 is 5.68. The third kappa shape index (κ3) is 4.04. The summed E-state index contributed by atoms with van der Waals surface area (Å²) in [5.74, 6) is -1.01. The van der Waals surface area contributed by atoms with Crippen LogP contribution in [0.5, 0.6) is 11.6 Å². The van der Waals surface area contributed by atoms with Crippen LogP contribution >= 0.6 is 11.6 Å². The van der Waals surface area contributed by atoms with Crippen LogP contribution in [-0.2, 0) is 0 Å². The van der Waals surface area contributed by atoms with Crippen LogP contribution < -0.4 is 4.74 Å². The van der Waals surface area contributed by atoms with Crippen LogP contribution in [0.15, 0.2) is 36.4 Å². The Morgan fingerprint density at radius 3 is 2.57 bits per heavy atom. The Kier molecular flexibility index (Phi) is 5.28. The highest BCUT2D eigenvalue weighted by Crippen LogP contribution is 2.29. The largest absolute Gasteiger partial charge is 0.507 e. The van der Waals surface area contributed by atoms with E-state index in [1.807, 2.05) is 0 Å². The second-order valence-electron chi connectivity index (χ2n) is 4.51. The summed E-state index contributed by atoms with van der Waals surface area (Å²) in [6.07, 6.45) is 0.0753. The zero-order valence-corrected chi connectivity index (χ0v) is 12.7. The molecule has 0 aliphatic carbocycles. The van der Waals surface area contributed by atoms with Crippen molar-refractivity contribution in [2.75, 3.05) is 7.11 Å². The smallest absolute Gasteiger partial charge is 0.263 e. The van der Waals surface area contributed by atoms with Gasteiger partial charge in [-0.3, -0.25) is 4.79 Å². The van der Waals surface area contributed by atoms with Crippen LogP contribution in [0, 0.1) is 0 Å². The Morgan fingerprint density at radius 1 is 1.35 bits per heavy atom. The van der Waals surface area contributed by atoms with Gasteiger partial charge in [-0.25, -0.2) is 13.8 Å². The number of methoxy groups -OCH3 is 1. The van der Waals surface area contributed by atoms with Gasteiger partial charge in [-0.05, 0) is 11.6 Å². The minimum Gasteiger partial charge on any atom is -0.507 e. The summed E-state index contributed by atoms with van der Waals surface area (Å²) in [4.78, 5) is 16.0. The first-order chi connectivity index (χ1) is 10.9. The van der Waals surface area contributed by atoms with Gasteiger partial charge in [0.25, 0.3) is 6.43 Å². The van der Waals surface area contributed by atoms with E-state index in [4.69, 9.17) is 16.3 Å². The molecule has 2 rings (SSSR count). The summed E-state index contributed by atoms with van der Waals surface area (Å²) in [5.41, 5.74) is 0.329. The summed E-state index contributed by atoms with van der Waals surface area (Å²) in [6, 6.07) is 6.60. The van der Waals surface area contributed by atoms with Gasteiger partial charge in [0, 0.05) is 11.6 Å². The molecule has 1 heterocycles. The van der Waals surface area contributed by atoms with E-state index in [-0.39, 0.29) is 27.9 Å². The molecular formula is C16H12ClF2NO3. The molecule has 1 aromatic heterocycles. The van der Waals surface area contributed by atoms with Crippen LogP contribution in [0.4, 0.5) is 8.78 Å². The number of alkyl halides is 2. The number of nitrogens with zero attached hydrogens (tertiary/aromatic N) is 1. The molecule has 0 unspecified atom stereocenters. The molecule has 0 aliphatic rings. The molecule has 0 amide bonds. The SMILES string of the molecule is COc1nc(Cl)cc(O)c1C(=O)/C=C/c1ccc(C(F)F)cc1. The van der Waals surface area contributed by atoms with Gasteiger partial charge in [0.15, 0.2) is 5.78 Å². The van der Waals surface area contributed by atoms with Crippen molar-refractivity contribution in [2.45, 2.75) is 6.43 Å². The highest BCUT2D eigenvalue weighted by atomic mass is 35.5. The van der Waals surface area contributed by atoms with Gasteiger partial charge in [-0.1, -0.05) is 41.9 Å². The number of ketones is 1. The summed E-state index contributed by atoms with van der Waals surface area (Å²) in [5, 5.41) is 9.81. The number of benzene rings is 1. The van der Waals surface area contributed by atoms with Gasteiger partial charge < -0.3 is 9.84 Å². The van der Waals surface area contributed by atoms with Crippen molar-refractivity contribution < 1.29 is 23.4 Å². The molecule has 7 heteroatoms. The highest BCUT2D eigenvalue weighted by molar-refractivity contribution is 6.29. The highest BCUT2D eigenvalue weighted by Gasteiger charge is 2.18. The summed E-state index contributed by atoms with van der Waals surface area (Å²) in [7, 11) is 1.29. The topological polar surface area (TPSA) is 59.4 Å². The zero-order chi connectivity index (χ0) is 17.0. The first-order valence-electron chi connectivity index (χ1n) is 6.46. The van der Waals surface area contributed by atoms with Crippen LogP contribution in [-0.4, -0.2) is 23.0 Å². The molecule has 4 nitrogen and oxygen atoms in total. The fourth-order valence-electron chi connectivity index (χ4n) is 1.87. The van der Waals surface area contributed by atoms with Crippen molar-refractivity contribution >= 4 is 23.5 Å². The lowest BCUT2D eigenvalue weighted by atomic mass is 10.1. The number of aromatic hydroxyl groups is 1. The fraction of sp³-hybridized carbons (Fsp3) is 0.125. The minimum atomic E-state index is -2.55. The van der Waals surface area contributed by atoms with Gasteiger partial charge in [-0.15, -0.1) is 0 Å². The van der Waals surface area contributed by atoms with Crippen molar-refractivity contribution in [1.82, 2.24) is 4.98 Å². The third-order valence-electron chi connectivity index (χ3n) is 2.99. The van der Waals surface area contributed by atoms with Crippen LogP contribution in [0.1, 0.15) is 27.9 Å². The standard InChI is InChI=1S/C16H12ClF2NO3/c1-23-16-14(12(22)8-13(17)20-16)11(21)7-4-9-2-5-10(6-3-9)15(18)19/h2-8,15H,1H3,(H,20,22)/b7-4+. The molecule has 0 spiro atoms. The first-order valence-corrected chi connectivity index (χ1v) is 6.84. The van der Waals surface area contributed by atoms with E-state index in [0.717, 1.165) is 6.07 Å². The Labute approximate surface area is 136 Å². The molecule has 0 bridgehead atoms. The van der Waals surface area contributed by atoms with Gasteiger partial charge in [0.2, 0.25) is 5.88 Å². The first kappa shape index (κ1) is 16.9. The maximum Gasteiger partial charge on any atom is 0.263 e. The van der Waals surface area contributed by atoms with Gasteiger partial charge >= 0.3 is 0 Å². The van der Waals surface area contributed by atoms with Crippen molar-refractivity contribution in [2.24, 2.45) is 0 Å². The molecule has 0 radical (unpaired) electrons. The van der Waals surface area contributed by atoms with Crippen LogP contribution in [0.2, 0.25) is 5.15 Å². The number of allylic oxidation sites excluding steroid dienone is 1. The number of rotatable bonds is 5. The number of hydrogen-bond donors (Lipinski definition) is 1. The number of hydrogen-bond acceptors (Lipinski definition) is 4. The van der Waals surface area contributed by atoms with Gasteiger partial charge in [-0.2, -0.15) is 0 Å². The quantitative estimate of drug-likeness (QED) is 0.501. The lowest BCUT2D eigenvalue weighted by Gasteiger charge is -2.07. The van der Waals surface area contributed by atoms with Crippen molar-refractivity contribution in [3.63, 3.8) is 0 Å². The third-order valence-corrected chi connectivity index (χ3v) is 3.18. The number of halogens is 3. The van der Waals surface area contributed by atoms with E-state index in [9.17, 15) is 18.7 Å². The molecule has 0 saturated heterocycles.